The molecule has 1 aliphatic rings. The molecule has 0 saturated carbocycles. The van der Waals surface area contributed by atoms with Crippen LogP contribution >= 0.6 is 0 Å². The van der Waals surface area contributed by atoms with E-state index in [2.05, 4.69) is 17.1 Å². The Kier molecular flexibility index (Phi) is 5.34. The molecule has 166 valence electrons. The third-order valence-electron chi connectivity index (χ3n) is 6.24. The fourth-order valence-electron chi connectivity index (χ4n) is 4.68. The highest BCUT2D eigenvalue weighted by Crippen LogP contribution is 2.39. The fourth-order valence-corrected chi connectivity index (χ4v) is 4.68. The molecule has 1 atom stereocenters. The number of hydrogen-bond acceptors (Lipinski definition) is 4. The summed E-state index contributed by atoms with van der Waals surface area (Å²) < 4.78 is 10.3. The summed E-state index contributed by atoms with van der Waals surface area (Å²) >= 11 is 0. The summed E-state index contributed by atoms with van der Waals surface area (Å²) in [4.78, 5) is 31.2. The molecule has 0 radical (unpaired) electrons. The molecule has 0 saturated heterocycles. The Morgan fingerprint density at radius 1 is 0.939 bits per heavy atom. The van der Waals surface area contributed by atoms with Gasteiger partial charge in [-0.15, -0.1) is 0 Å². The molecule has 2 heterocycles. The minimum atomic E-state index is -0.467. The number of aromatic amines is 1. The quantitative estimate of drug-likeness (QED) is 0.465. The summed E-state index contributed by atoms with van der Waals surface area (Å²) in [6.45, 7) is 0.554. The van der Waals surface area contributed by atoms with Crippen LogP contribution < -0.4 is 4.74 Å². The SMILES string of the molecule is COC(=O)c1cccc(C(=O)N2CCc3c([nH]c4ccccc34)[C@@H]2c2cccc(OC)c2)c1. The molecule has 0 bridgehead atoms. The van der Waals surface area contributed by atoms with E-state index in [9.17, 15) is 9.59 Å². The van der Waals surface area contributed by atoms with Crippen molar-refractivity contribution < 1.29 is 19.1 Å². The molecule has 33 heavy (non-hydrogen) atoms. The van der Waals surface area contributed by atoms with E-state index < -0.39 is 5.97 Å². The Balaban J connectivity index is 1.63. The molecule has 0 unspecified atom stereocenters. The predicted molar refractivity (Wildman–Crippen MR) is 126 cm³/mol. The van der Waals surface area contributed by atoms with E-state index in [4.69, 9.17) is 9.47 Å². The smallest absolute Gasteiger partial charge is 0.337 e. The molecular formula is C27H24N2O4. The van der Waals surface area contributed by atoms with Gasteiger partial charge in [0.1, 0.15) is 5.75 Å². The molecule has 0 spiro atoms. The van der Waals surface area contributed by atoms with Crippen molar-refractivity contribution in [1.82, 2.24) is 9.88 Å². The number of fused-ring (bicyclic) bond motifs is 3. The van der Waals surface area contributed by atoms with Gasteiger partial charge in [0.25, 0.3) is 5.91 Å². The van der Waals surface area contributed by atoms with Crippen LogP contribution in [0.2, 0.25) is 0 Å². The lowest BCUT2D eigenvalue weighted by Crippen LogP contribution is -2.40. The first-order chi connectivity index (χ1) is 16.1. The normalized spacial score (nSPS) is 15.2. The first-order valence-electron chi connectivity index (χ1n) is 10.8. The number of carbonyl (C=O) groups excluding carboxylic acids is 2. The van der Waals surface area contributed by atoms with Gasteiger partial charge in [-0.2, -0.15) is 0 Å². The van der Waals surface area contributed by atoms with Crippen molar-refractivity contribution >= 4 is 22.8 Å². The Hall–Kier alpha value is -4.06. The first kappa shape index (κ1) is 20.8. The van der Waals surface area contributed by atoms with Crippen molar-refractivity contribution in [2.75, 3.05) is 20.8 Å². The zero-order valence-electron chi connectivity index (χ0n) is 18.5. The van der Waals surface area contributed by atoms with E-state index in [1.54, 1.807) is 31.4 Å². The predicted octanol–water partition coefficient (Wildman–Crippen LogP) is 4.75. The summed E-state index contributed by atoms with van der Waals surface area (Å²) in [5.41, 5.74) is 5.05. The Labute approximate surface area is 191 Å². The summed E-state index contributed by atoms with van der Waals surface area (Å²) in [6.07, 6.45) is 0.738. The minimum Gasteiger partial charge on any atom is -0.497 e. The number of aromatic nitrogens is 1. The Morgan fingerprint density at radius 2 is 1.73 bits per heavy atom. The molecule has 6 heteroatoms. The molecule has 5 rings (SSSR count). The number of methoxy groups -OCH3 is 2. The number of ether oxygens (including phenoxy) is 2. The van der Waals surface area contributed by atoms with Gasteiger partial charge in [-0.1, -0.05) is 36.4 Å². The number of esters is 1. The van der Waals surface area contributed by atoms with Gasteiger partial charge in [0.2, 0.25) is 0 Å². The zero-order chi connectivity index (χ0) is 22.9. The number of hydrogen-bond donors (Lipinski definition) is 1. The van der Waals surface area contributed by atoms with Gasteiger partial charge in [-0.3, -0.25) is 4.79 Å². The number of benzene rings is 3. The van der Waals surface area contributed by atoms with E-state index >= 15 is 0 Å². The molecule has 6 nitrogen and oxygen atoms in total. The lowest BCUT2D eigenvalue weighted by atomic mass is 9.91. The summed E-state index contributed by atoms with van der Waals surface area (Å²) in [5, 5.41) is 1.18. The lowest BCUT2D eigenvalue weighted by molar-refractivity contribution is 0.0600. The van der Waals surface area contributed by atoms with Gasteiger partial charge in [0.05, 0.1) is 25.8 Å². The largest absolute Gasteiger partial charge is 0.497 e. The molecule has 0 fully saturated rings. The number of para-hydroxylation sites is 1. The van der Waals surface area contributed by atoms with Gasteiger partial charge < -0.3 is 19.4 Å². The molecule has 4 aromatic rings. The highest BCUT2D eigenvalue weighted by molar-refractivity contribution is 5.98. The van der Waals surface area contributed by atoms with Gasteiger partial charge in [-0.25, -0.2) is 4.79 Å². The number of amides is 1. The third kappa shape index (κ3) is 3.63. The molecule has 1 aliphatic heterocycles. The van der Waals surface area contributed by atoms with Crippen LogP contribution in [0.3, 0.4) is 0 Å². The van der Waals surface area contributed by atoms with E-state index in [0.717, 1.165) is 28.9 Å². The second-order valence-corrected chi connectivity index (χ2v) is 8.06. The van der Waals surface area contributed by atoms with Crippen molar-refractivity contribution in [2.24, 2.45) is 0 Å². The fraction of sp³-hybridized carbons (Fsp3) is 0.185. The zero-order valence-corrected chi connectivity index (χ0v) is 18.5. The van der Waals surface area contributed by atoms with Crippen molar-refractivity contribution in [1.29, 1.82) is 0 Å². The number of carbonyl (C=O) groups is 2. The summed E-state index contributed by atoms with van der Waals surface area (Å²) in [7, 11) is 2.97. The summed E-state index contributed by atoms with van der Waals surface area (Å²) in [6, 6.07) is 22.4. The van der Waals surface area contributed by atoms with Crippen LogP contribution in [0.4, 0.5) is 0 Å². The Bertz CT molecular complexity index is 1360. The number of nitrogens with zero attached hydrogens (tertiary/aromatic N) is 1. The Morgan fingerprint density at radius 3 is 2.55 bits per heavy atom. The highest BCUT2D eigenvalue weighted by Gasteiger charge is 2.35. The van der Waals surface area contributed by atoms with Crippen molar-refractivity contribution in [3.8, 4) is 5.75 Å². The monoisotopic (exact) mass is 440 g/mol. The van der Waals surface area contributed by atoms with E-state index in [1.807, 2.05) is 41.3 Å². The van der Waals surface area contributed by atoms with Crippen LogP contribution in [0.15, 0.2) is 72.8 Å². The van der Waals surface area contributed by atoms with Crippen LogP contribution in [-0.4, -0.2) is 42.5 Å². The van der Waals surface area contributed by atoms with Crippen LogP contribution in [0, 0.1) is 0 Å². The van der Waals surface area contributed by atoms with Gasteiger partial charge in [0.15, 0.2) is 0 Å². The molecule has 0 aliphatic carbocycles. The average Bonchev–Trinajstić information content (AvgIpc) is 3.26. The lowest BCUT2D eigenvalue weighted by Gasteiger charge is -2.36. The number of nitrogens with one attached hydrogen (secondary N) is 1. The average molecular weight is 440 g/mol. The summed E-state index contributed by atoms with van der Waals surface area (Å²) in [5.74, 6) is 0.124. The maximum atomic E-state index is 13.8. The topological polar surface area (TPSA) is 71.6 Å². The van der Waals surface area contributed by atoms with Crippen molar-refractivity contribution in [3.63, 3.8) is 0 Å². The second-order valence-electron chi connectivity index (χ2n) is 8.06. The van der Waals surface area contributed by atoms with Gasteiger partial charge in [-0.05, 0) is 53.9 Å². The number of H-pyrrole nitrogens is 1. The molecule has 1 aromatic heterocycles. The van der Waals surface area contributed by atoms with Gasteiger partial charge >= 0.3 is 5.97 Å². The molecular weight excluding hydrogens is 416 g/mol. The van der Waals surface area contributed by atoms with E-state index in [0.29, 0.717) is 17.7 Å². The molecule has 1 N–H and O–H groups in total. The second kappa shape index (κ2) is 8.47. The maximum absolute atomic E-state index is 13.8. The van der Waals surface area contributed by atoms with Crippen molar-refractivity contribution in [3.05, 3.63) is 101 Å². The molecule has 3 aromatic carbocycles. The van der Waals surface area contributed by atoms with Crippen LogP contribution in [0.25, 0.3) is 10.9 Å². The third-order valence-corrected chi connectivity index (χ3v) is 6.24. The minimum absolute atomic E-state index is 0.141. The van der Waals surface area contributed by atoms with Crippen molar-refractivity contribution in [2.45, 2.75) is 12.5 Å². The van der Waals surface area contributed by atoms with Crippen LogP contribution in [0.5, 0.6) is 5.75 Å². The van der Waals surface area contributed by atoms with Crippen LogP contribution in [-0.2, 0) is 11.2 Å². The first-order valence-corrected chi connectivity index (χ1v) is 10.8. The maximum Gasteiger partial charge on any atom is 0.337 e. The number of rotatable bonds is 4. The standard InChI is InChI=1S/C27H24N2O4/c1-32-20-10-6-7-17(16-20)25-24-22(21-11-3-4-12-23(21)28-24)13-14-29(25)26(30)18-8-5-9-19(15-18)27(31)33-2/h3-12,15-16,25,28H,13-14H2,1-2H3/t25-/m0/s1. The molecule has 1 amide bonds. The van der Waals surface area contributed by atoms with Crippen LogP contribution in [0.1, 0.15) is 43.6 Å². The van der Waals surface area contributed by atoms with E-state index in [1.165, 1.54) is 18.1 Å². The highest BCUT2D eigenvalue weighted by atomic mass is 16.5. The van der Waals surface area contributed by atoms with Gasteiger partial charge in [0, 0.05) is 28.7 Å². The van der Waals surface area contributed by atoms with E-state index in [-0.39, 0.29) is 11.9 Å².